The van der Waals surface area contributed by atoms with Crippen LogP contribution in [0.15, 0.2) is 34.9 Å². The Hall–Kier alpha value is -2.69. The van der Waals surface area contributed by atoms with Crippen LogP contribution in [-0.4, -0.2) is 16.0 Å². The first-order valence-electron chi connectivity index (χ1n) is 9.92. The van der Waals surface area contributed by atoms with Crippen molar-refractivity contribution in [3.05, 3.63) is 58.4 Å². The third kappa shape index (κ3) is 3.53. The molecule has 0 bridgehead atoms. The summed E-state index contributed by atoms with van der Waals surface area (Å²) in [5, 5.41) is 7.85. The number of pyridine rings is 1. The third-order valence-corrected chi connectivity index (χ3v) is 5.50. The molecule has 3 aromatic rings. The summed E-state index contributed by atoms with van der Waals surface area (Å²) in [4.78, 5) is 17.7. The molecular formula is C23H27N3O2. The van der Waals surface area contributed by atoms with Gasteiger partial charge in [-0.1, -0.05) is 50.2 Å². The number of rotatable bonds is 4. The van der Waals surface area contributed by atoms with Crippen molar-refractivity contribution < 1.29 is 9.32 Å². The van der Waals surface area contributed by atoms with Gasteiger partial charge in [-0.3, -0.25) is 4.79 Å². The second-order valence-corrected chi connectivity index (χ2v) is 8.88. The van der Waals surface area contributed by atoms with Gasteiger partial charge in [0.15, 0.2) is 0 Å². The lowest BCUT2D eigenvalue weighted by Crippen LogP contribution is -2.27. The number of carbonyl (C=O) groups is 1. The van der Waals surface area contributed by atoms with E-state index in [1.54, 1.807) is 0 Å². The van der Waals surface area contributed by atoms with Crippen molar-refractivity contribution in [3.63, 3.8) is 0 Å². The summed E-state index contributed by atoms with van der Waals surface area (Å²) in [6.07, 6.45) is 2.23. The highest BCUT2D eigenvalue weighted by Crippen LogP contribution is 2.40. The molecule has 1 aliphatic carbocycles. The Morgan fingerprint density at radius 3 is 2.50 bits per heavy atom. The molecule has 1 atom stereocenters. The van der Waals surface area contributed by atoms with Crippen LogP contribution in [-0.2, 0) is 5.41 Å². The van der Waals surface area contributed by atoms with E-state index < -0.39 is 0 Å². The summed E-state index contributed by atoms with van der Waals surface area (Å²) < 4.78 is 5.35. The lowest BCUT2D eigenvalue weighted by Gasteiger charge is -2.21. The van der Waals surface area contributed by atoms with Gasteiger partial charge in [0.25, 0.3) is 11.6 Å². The molecule has 2 aromatic heterocycles. The molecule has 1 aliphatic rings. The normalized spacial score (nSPS) is 15.6. The molecule has 4 rings (SSSR count). The molecule has 1 saturated carbocycles. The van der Waals surface area contributed by atoms with E-state index in [-0.39, 0.29) is 17.4 Å². The van der Waals surface area contributed by atoms with Crippen LogP contribution in [0.1, 0.15) is 85.4 Å². The monoisotopic (exact) mass is 377 g/mol. The quantitative estimate of drug-likeness (QED) is 0.679. The highest BCUT2D eigenvalue weighted by molar-refractivity contribution is 6.06. The second-order valence-electron chi connectivity index (χ2n) is 8.88. The van der Waals surface area contributed by atoms with Gasteiger partial charge in [0.2, 0.25) is 0 Å². The molecule has 1 fully saturated rings. The van der Waals surface area contributed by atoms with Crippen LogP contribution in [0.25, 0.3) is 11.1 Å². The number of carbonyl (C=O) groups excluding carboxylic acids is 1. The number of fused-ring (bicyclic) bond motifs is 1. The fraction of sp³-hybridized carbons (Fsp3) is 0.435. The van der Waals surface area contributed by atoms with Crippen molar-refractivity contribution in [2.24, 2.45) is 0 Å². The minimum absolute atomic E-state index is 0.103. The highest BCUT2D eigenvalue weighted by atomic mass is 16.5. The molecule has 1 unspecified atom stereocenters. The molecule has 0 radical (unpaired) electrons. The van der Waals surface area contributed by atoms with Gasteiger partial charge in [0, 0.05) is 11.6 Å². The first-order chi connectivity index (χ1) is 13.2. The van der Waals surface area contributed by atoms with E-state index in [4.69, 9.17) is 4.52 Å². The van der Waals surface area contributed by atoms with Crippen molar-refractivity contribution >= 4 is 17.0 Å². The second kappa shape index (κ2) is 6.73. The third-order valence-electron chi connectivity index (χ3n) is 5.50. The smallest absolute Gasteiger partial charge is 0.259 e. The Bertz CT molecular complexity index is 1020. The zero-order valence-corrected chi connectivity index (χ0v) is 17.2. The Morgan fingerprint density at radius 2 is 1.89 bits per heavy atom. The van der Waals surface area contributed by atoms with Gasteiger partial charge in [-0.05, 0) is 49.3 Å². The van der Waals surface area contributed by atoms with Crippen molar-refractivity contribution in [2.45, 2.75) is 64.8 Å². The van der Waals surface area contributed by atoms with Gasteiger partial charge in [-0.2, -0.15) is 0 Å². The lowest BCUT2D eigenvalue weighted by atomic mass is 9.86. The summed E-state index contributed by atoms with van der Waals surface area (Å²) in [6.45, 7) is 10.4. The summed E-state index contributed by atoms with van der Waals surface area (Å²) in [5.74, 6) is 0.316. The average Bonchev–Trinajstić information content (AvgIpc) is 3.44. The van der Waals surface area contributed by atoms with E-state index in [0.29, 0.717) is 28.3 Å². The number of amides is 1. The first kappa shape index (κ1) is 18.7. The van der Waals surface area contributed by atoms with E-state index in [1.807, 2.05) is 19.9 Å². The predicted octanol–water partition coefficient (Wildman–Crippen LogP) is 5.20. The Labute approximate surface area is 165 Å². The predicted molar refractivity (Wildman–Crippen MR) is 110 cm³/mol. The van der Waals surface area contributed by atoms with Crippen molar-refractivity contribution in [1.29, 1.82) is 0 Å². The molecule has 0 spiro atoms. The van der Waals surface area contributed by atoms with Crippen molar-refractivity contribution in [1.82, 2.24) is 15.5 Å². The van der Waals surface area contributed by atoms with Crippen LogP contribution in [0.4, 0.5) is 0 Å². The first-order valence-corrected chi connectivity index (χ1v) is 9.92. The maximum absolute atomic E-state index is 13.1. The molecule has 28 heavy (non-hydrogen) atoms. The van der Waals surface area contributed by atoms with Crippen LogP contribution in [0.5, 0.6) is 0 Å². The maximum Gasteiger partial charge on any atom is 0.259 e. The van der Waals surface area contributed by atoms with Crippen LogP contribution in [0.3, 0.4) is 0 Å². The molecule has 0 saturated heterocycles. The number of nitrogens with zero attached hydrogens (tertiary/aromatic N) is 2. The van der Waals surface area contributed by atoms with Crippen molar-refractivity contribution in [2.75, 3.05) is 0 Å². The zero-order valence-electron chi connectivity index (χ0n) is 17.2. The van der Waals surface area contributed by atoms with Gasteiger partial charge in [-0.15, -0.1) is 0 Å². The summed E-state index contributed by atoms with van der Waals surface area (Å²) in [5.41, 5.74) is 5.14. The molecule has 1 aromatic carbocycles. The Balaban J connectivity index is 1.60. The number of hydrogen-bond acceptors (Lipinski definition) is 4. The standard InChI is InChI=1S/C23H27N3O2/c1-13(15-8-10-17(11-9-15)23(3,4)5)24-21(27)18-12-19(16-6-7-16)25-22-20(18)14(2)26-28-22/h8-13,16H,6-7H2,1-5H3,(H,24,27). The fourth-order valence-electron chi connectivity index (χ4n) is 3.51. The minimum atomic E-state index is -0.118. The maximum atomic E-state index is 13.1. The zero-order chi connectivity index (χ0) is 20.1. The largest absolute Gasteiger partial charge is 0.345 e. The van der Waals surface area contributed by atoms with E-state index in [2.05, 4.69) is 60.5 Å². The van der Waals surface area contributed by atoms with Crippen molar-refractivity contribution in [3.8, 4) is 0 Å². The number of aromatic nitrogens is 2. The molecule has 1 amide bonds. The Morgan fingerprint density at radius 1 is 1.21 bits per heavy atom. The Kier molecular flexibility index (Phi) is 4.48. The number of nitrogens with one attached hydrogen (secondary N) is 1. The summed E-state index contributed by atoms with van der Waals surface area (Å²) in [6, 6.07) is 10.3. The molecule has 2 heterocycles. The van der Waals surface area contributed by atoms with Crippen LogP contribution in [0.2, 0.25) is 0 Å². The molecular weight excluding hydrogens is 350 g/mol. The summed E-state index contributed by atoms with van der Waals surface area (Å²) >= 11 is 0. The SMILES string of the molecule is Cc1noc2nc(C3CC3)cc(C(=O)NC(C)c3ccc(C(C)(C)C)cc3)c12. The number of benzene rings is 1. The van der Waals surface area contributed by atoms with E-state index in [9.17, 15) is 4.79 Å². The van der Waals surface area contributed by atoms with Gasteiger partial charge >= 0.3 is 0 Å². The average molecular weight is 377 g/mol. The minimum Gasteiger partial charge on any atom is -0.345 e. The number of hydrogen-bond donors (Lipinski definition) is 1. The topological polar surface area (TPSA) is 68.0 Å². The van der Waals surface area contributed by atoms with Gasteiger partial charge in [-0.25, -0.2) is 4.98 Å². The molecule has 5 nitrogen and oxygen atoms in total. The van der Waals surface area contributed by atoms with E-state index >= 15 is 0 Å². The van der Waals surface area contributed by atoms with Crippen LogP contribution >= 0.6 is 0 Å². The van der Waals surface area contributed by atoms with Gasteiger partial charge < -0.3 is 9.84 Å². The molecule has 146 valence electrons. The highest BCUT2D eigenvalue weighted by Gasteiger charge is 2.29. The van der Waals surface area contributed by atoms with E-state index in [0.717, 1.165) is 24.1 Å². The van der Waals surface area contributed by atoms with Gasteiger partial charge in [0.1, 0.15) is 0 Å². The fourth-order valence-corrected chi connectivity index (χ4v) is 3.51. The molecule has 5 heteroatoms. The number of aryl methyl sites for hydroxylation is 1. The van der Waals surface area contributed by atoms with Gasteiger partial charge in [0.05, 0.1) is 22.7 Å². The molecule has 0 aliphatic heterocycles. The molecule has 1 N–H and O–H groups in total. The van der Waals surface area contributed by atoms with Crippen LogP contribution in [0, 0.1) is 6.92 Å². The van der Waals surface area contributed by atoms with Crippen LogP contribution < -0.4 is 5.32 Å². The lowest BCUT2D eigenvalue weighted by molar-refractivity contribution is 0.0941. The summed E-state index contributed by atoms with van der Waals surface area (Å²) in [7, 11) is 0. The van der Waals surface area contributed by atoms with E-state index in [1.165, 1.54) is 5.56 Å².